The number of aliphatic hydroxyl groups is 2. The summed E-state index contributed by atoms with van der Waals surface area (Å²) in [7, 11) is 5.11. The van der Waals surface area contributed by atoms with E-state index in [2.05, 4.69) is 9.62 Å². The Kier molecular flexibility index (Phi) is 2.27. The maximum absolute atomic E-state index is 8.89. The number of hydrogen-bond donors (Lipinski definition) is 3. The predicted molar refractivity (Wildman–Crippen MR) is 30.1 cm³/mol. The highest BCUT2D eigenvalue weighted by Crippen LogP contribution is 2.18. The summed E-state index contributed by atoms with van der Waals surface area (Å²) in [5, 5.41) is 25.8. The van der Waals surface area contributed by atoms with E-state index in [9.17, 15) is 0 Å². The Hall–Kier alpha value is -0.135. The first-order valence-corrected chi connectivity index (χ1v) is 2.74. The molecule has 1 saturated heterocycles. The van der Waals surface area contributed by atoms with Crippen molar-refractivity contribution >= 4 is 7.85 Å². The third kappa shape index (κ3) is 1.16. The van der Waals surface area contributed by atoms with Crippen molar-refractivity contribution in [3.05, 3.63) is 0 Å². The lowest BCUT2D eigenvalue weighted by Gasteiger charge is -2.09. The van der Waals surface area contributed by atoms with Crippen LogP contribution in [0.3, 0.4) is 0 Å². The molecule has 56 valence electrons. The highest BCUT2D eigenvalue weighted by atomic mass is 17.1. The van der Waals surface area contributed by atoms with Crippen molar-refractivity contribution in [2.75, 3.05) is 0 Å². The van der Waals surface area contributed by atoms with Crippen LogP contribution in [0.1, 0.15) is 0 Å². The molecule has 0 aliphatic carbocycles. The zero-order valence-corrected chi connectivity index (χ0v) is 5.04. The van der Waals surface area contributed by atoms with Gasteiger partial charge in [0.15, 0.2) is 0 Å². The molecule has 0 aromatic carbocycles. The molecule has 0 aromatic rings. The van der Waals surface area contributed by atoms with E-state index >= 15 is 0 Å². The molecule has 0 amide bonds. The molecular formula is C4H7BO5. The molecule has 6 heteroatoms. The number of rotatable bonds is 1. The van der Waals surface area contributed by atoms with E-state index in [0.717, 1.165) is 0 Å². The molecule has 0 saturated carbocycles. The van der Waals surface area contributed by atoms with Gasteiger partial charge in [-0.25, -0.2) is 10.1 Å². The summed E-state index contributed by atoms with van der Waals surface area (Å²) in [4.78, 5) is 3.65. The third-order valence-electron chi connectivity index (χ3n) is 1.36. The Morgan fingerprint density at radius 3 is 2.10 bits per heavy atom. The van der Waals surface area contributed by atoms with Gasteiger partial charge in [-0.2, -0.15) is 0 Å². The average Bonchev–Trinajstić information content (AvgIpc) is 2.17. The second-order valence-electron chi connectivity index (χ2n) is 2.06. The maximum Gasteiger partial charge on any atom is 0.219 e. The van der Waals surface area contributed by atoms with Gasteiger partial charge < -0.3 is 14.9 Å². The Morgan fingerprint density at radius 1 is 1.30 bits per heavy atom. The molecule has 1 fully saturated rings. The maximum atomic E-state index is 8.89. The van der Waals surface area contributed by atoms with Crippen LogP contribution in [-0.4, -0.2) is 47.8 Å². The van der Waals surface area contributed by atoms with Gasteiger partial charge in [-0.15, -0.1) is 0 Å². The fourth-order valence-corrected chi connectivity index (χ4v) is 0.758. The molecule has 5 nitrogen and oxygen atoms in total. The fourth-order valence-electron chi connectivity index (χ4n) is 0.758. The standard InChI is InChI=1S/C4H7BO5/c5-3-1(6)2(7)4(9-3)10-8/h1-4,6-8H. The van der Waals surface area contributed by atoms with Crippen molar-refractivity contribution in [2.24, 2.45) is 0 Å². The van der Waals surface area contributed by atoms with Gasteiger partial charge in [-0.1, -0.05) is 0 Å². The van der Waals surface area contributed by atoms with E-state index < -0.39 is 24.5 Å². The summed E-state index contributed by atoms with van der Waals surface area (Å²) < 4.78 is 4.54. The van der Waals surface area contributed by atoms with Crippen LogP contribution in [-0.2, 0) is 9.62 Å². The van der Waals surface area contributed by atoms with Crippen LogP contribution >= 0.6 is 0 Å². The molecule has 1 aliphatic heterocycles. The normalized spacial score (nSPS) is 47.9. The first-order chi connectivity index (χ1) is 4.66. The third-order valence-corrected chi connectivity index (χ3v) is 1.36. The lowest BCUT2D eigenvalue weighted by atomic mass is 9.94. The van der Waals surface area contributed by atoms with Crippen molar-refractivity contribution in [3.63, 3.8) is 0 Å². The summed E-state index contributed by atoms with van der Waals surface area (Å²) in [6.45, 7) is 0. The van der Waals surface area contributed by atoms with Crippen LogP contribution < -0.4 is 0 Å². The first kappa shape index (κ1) is 7.97. The number of ether oxygens (including phenoxy) is 1. The molecular weight excluding hydrogens is 139 g/mol. The topological polar surface area (TPSA) is 79.2 Å². The highest BCUT2D eigenvalue weighted by Gasteiger charge is 2.40. The molecule has 0 aromatic heterocycles. The average molecular weight is 146 g/mol. The van der Waals surface area contributed by atoms with Crippen molar-refractivity contribution in [1.29, 1.82) is 0 Å². The van der Waals surface area contributed by atoms with E-state index in [0.29, 0.717) is 0 Å². The van der Waals surface area contributed by atoms with E-state index in [1.54, 1.807) is 0 Å². The number of hydrogen-bond acceptors (Lipinski definition) is 5. The second-order valence-corrected chi connectivity index (χ2v) is 2.06. The molecule has 1 heterocycles. The molecule has 4 unspecified atom stereocenters. The minimum absolute atomic E-state index is 1.01. The largest absolute Gasteiger partial charge is 0.388 e. The Bertz CT molecular complexity index is 120. The summed E-state index contributed by atoms with van der Waals surface area (Å²) in [5.41, 5.74) is 0. The summed E-state index contributed by atoms with van der Waals surface area (Å²) in [6.07, 6.45) is -3.75. The van der Waals surface area contributed by atoms with Gasteiger partial charge in [0.05, 0.1) is 0 Å². The zero-order valence-electron chi connectivity index (χ0n) is 5.04. The predicted octanol–water partition coefficient (Wildman–Crippen LogP) is -1.95. The Morgan fingerprint density at radius 2 is 1.90 bits per heavy atom. The molecule has 4 atom stereocenters. The van der Waals surface area contributed by atoms with E-state index in [4.69, 9.17) is 23.3 Å². The Labute approximate surface area is 58.5 Å². The molecule has 3 N–H and O–H groups in total. The molecule has 0 spiro atoms. The SMILES string of the molecule is [B]C1OC(OO)C(O)C1O. The van der Waals surface area contributed by atoms with E-state index in [-0.39, 0.29) is 0 Å². The van der Waals surface area contributed by atoms with Crippen LogP contribution in [0.25, 0.3) is 0 Å². The van der Waals surface area contributed by atoms with E-state index in [1.807, 2.05) is 0 Å². The molecule has 1 rings (SSSR count). The first-order valence-electron chi connectivity index (χ1n) is 2.74. The van der Waals surface area contributed by atoms with Crippen LogP contribution in [0.5, 0.6) is 0 Å². The second kappa shape index (κ2) is 2.85. The Balaban J connectivity index is 2.53. The van der Waals surface area contributed by atoms with Gasteiger partial charge in [0.2, 0.25) is 6.29 Å². The molecule has 10 heavy (non-hydrogen) atoms. The van der Waals surface area contributed by atoms with Crippen LogP contribution in [0, 0.1) is 0 Å². The van der Waals surface area contributed by atoms with Crippen molar-refractivity contribution in [2.45, 2.75) is 24.5 Å². The summed E-state index contributed by atoms with van der Waals surface area (Å²) in [6, 6.07) is -1.01. The minimum Gasteiger partial charge on any atom is -0.388 e. The van der Waals surface area contributed by atoms with Crippen LogP contribution in [0.2, 0.25) is 0 Å². The zero-order chi connectivity index (χ0) is 7.72. The molecule has 2 radical (unpaired) electrons. The summed E-state index contributed by atoms with van der Waals surface area (Å²) in [5.74, 6) is 0. The van der Waals surface area contributed by atoms with Gasteiger partial charge in [0, 0.05) is 6.00 Å². The van der Waals surface area contributed by atoms with Gasteiger partial charge in [-0.05, 0) is 0 Å². The van der Waals surface area contributed by atoms with Crippen molar-refractivity contribution < 1.29 is 25.1 Å². The monoisotopic (exact) mass is 146 g/mol. The lowest BCUT2D eigenvalue weighted by Crippen LogP contribution is -2.33. The minimum atomic E-state index is -1.29. The van der Waals surface area contributed by atoms with Gasteiger partial charge in [-0.3, -0.25) is 0 Å². The van der Waals surface area contributed by atoms with Crippen molar-refractivity contribution in [3.8, 4) is 0 Å². The quantitative estimate of drug-likeness (QED) is 0.227. The fraction of sp³-hybridized carbons (Fsp3) is 1.00. The molecule has 1 aliphatic rings. The number of aliphatic hydroxyl groups excluding tert-OH is 2. The van der Waals surface area contributed by atoms with Gasteiger partial charge in [0.1, 0.15) is 20.1 Å². The molecule has 0 bridgehead atoms. The highest BCUT2D eigenvalue weighted by molar-refractivity contribution is 6.11. The summed E-state index contributed by atoms with van der Waals surface area (Å²) >= 11 is 0. The van der Waals surface area contributed by atoms with Crippen LogP contribution in [0.4, 0.5) is 0 Å². The lowest BCUT2D eigenvalue weighted by molar-refractivity contribution is -0.351. The van der Waals surface area contributed by atoms with Gasteiger partial charge in [0.25, 0.3) is 0 Å². The van der Waals surface area contributed by atoms with Gasteiger partial charge >= 0.3 is 0 Å². The van der Waals surface area contributed by atoms with E-state index in [1.165, 1.54) is 0 Å². The smallest absolute Gasteiger partial charge is 0.219 e. The van der Waals surface area contributed by atoms with Crippen molar-refractivity contribution in [1.82, 2.24) is 0 Å². The van der Waals surface area contributed by atoms with Crippen LogP contribution in [0.15, 0.2) is 0 Å².